The Bertz CT molecular complexity index is 1320. The number of aliphatic hydroxyl groups is 1. The standard InChI is InChI=1S/C14H20.C13H18O.C7H12O.C6H5Br.C6H5.BrH.2Mg.2H/c1-12-8-10-14(2,11-9-12)13-6-4-3-5-7-13;1-11-7-9-13(14,10-8-11)12-5-3-2-4-6-12;1-6-2-4-7(8)5-3-6;7-6-4-2-1-3-5-6;1-2-4-6-5-3-1;;;;;/h3-7,12H,8-11H2,1-2H3;2-6,11,14H,7-10H2,1H3;6H,2-5H2,1H3;1-5H;1-5H;1H;;;;/q;;;;-1;;2*+2;2*-1/p-1. The van der Waals surface area contributed by atoms with Gasteiger partial charge in [0.2, 0.25) is 0 Å². The molecule has 276 valence electrons. The van der Waals surface area contributed by atoms with Gasteiger partial charge in [0.05, 0.1) is 5.60 Å². The van der Waals surface area contributed by atoms with Gasteiger partial charge in [0.1, 0.15) is 5.78 Å². The van der Waals surface area contributed by atoms with Crippen molar-refractivity contribution in [1.82, 2.24) is 0 Å². The molecule has 0 radical (unpaired) electrons. The monoisotopic (exact) mass is 852 g/mol. The Balaban J connectivity index is -0.000000611. The predicted octanol–water partition coefficient (Wildman–Crippen LogP) is 9.41. The van der Waals surface area contributed by atoms with Gasteiger partial charge in [0, 0.05) is 17.3 Å². The Morgan fingerprint density at radius 3 is 1.31 bits per heavy atom. The number of ketones is 1. The molecule has 0 spiro atoms. The van der Waals surface area contributed by atoms with Crippen LogP contribution in [0, 0.1) is 23.8 Å². The predicted molar refractivity (Wildman–Crippen MR) is 225 cm³/mol. The molecule has 3 aliphatic carbocycles. The number of carbonyl (C=O) groups excluding carboxylic acids is 1. The topological polar surface area (TPSA) is 37.3 Å². The first-order valence-electron chi connectivity index (χ1n) is 18.6. The summed E-state index contributed by atoms with van der Waals surface area (Å²) in [4.78, 5) is 10.6. The SMILES string of the molecule is Brc1ccccc1.CC1CCC(=O)CC1.CC1CCC(C)(c2ccccc2)CC1.CC1CCC(O)(c2ccccc2)CC1.[Br-].[H-].[H-].[Mg+2].[Mg+2].[c-]1ccccc1. The molecule has 6 heteroatoms. The number of carbonyl (C=O) groups is 1. The Morgan fingerprint density at radius 1 is 0.596 bits per heavy atom. The molecule has 0 heterocycles. The van der Waals surface area contributed by atoms with Crippen LogP contribution in [0.15, 0.2) is 126 Å². The first kappa shape index (κ1) is 51.0. The van der Waals surface area contributed by atoms with Crippen molar-refractivity contribution in [2.24, 2.45) is 17.8 Å². The van der Waals surface area contributed by atoms with E-state index in [1.54, 1.807) is 0 Å². The fourth-order valence-electron chi connectivity index (χ4n) is 6.65. The maximum absolute atomic E-state index is 10.6. The van der Waals surface area contributed by atoms with Crippen molar-refractivity contribution in [3.63, 3.8) is 0 Å². The summed E-state index contributed by atoms with van der Waals surface area (Å²) < 4.78 is 1.13. The number of Topliss-reactive ketones (excluding diaryl/α,β-unsaturated/α-hetero) is 1. The number of hydrogen-bond acceptors (Lipinski definition) is 2. The summed E-state index contributed by atoms with van der Waals surface area (Å²) in [7, 11) is 0. The Morgan fingerprint density at radius 2 is 0.962 bits per heavy atom. The van der Waals surface area contributed by atoms with E-state index in [0.717, 1.165) is 79.2 Å². The molecule has 0 bridgehead atoms. The second-order valence-corrected chi connectivity index (χ2v) is 15.7. The van der Waals surface area contributed by atoms with E-state index in [9.17, 15) is 9.90 Å². The van der Waals surface area contributed by atoms with Gasteiger partial charge in [-0.1, -0.05) is 122 Å². The van der Waals surface area contributed by atoms with E-state index >= 15 is 0 Å². The van der Waals surface area contributed by atoms with Gasteiger partial charge in [0.25, 0.3) is 0 Å². The molecule has 0 aliphatic heterocycles. The van der Waals surface area contributed by atoms with E-state index in [1.807, 2.05) is 91.0 Å². The van der Waals surface area contributed by atoms with Crippen LogP contribution < -0.4 is 17.0 Å². The largest absolute Gasteiger partial charge is 2.00 e. The van der Waals surface area contributed by atoms with Crippen LogP contribution >= 0.6 is 15.9 Å². The summed E-state index contributed by atoms with van der Waals surface area (Å²) in [6.07, 6.45) is 13.5. The summed E-state index contributed by atoms with van der Waals surface area (Å²) in [6.45, 7) is 9.29. The minimum atomic E-state index is -0.548. The molecule has 4 aromatic carbocycles. The summed E-state index contributed by atoms with van der Waals surface area (Å²) in [6, 6.07) is 43.6. The molecule has 7 rings (SSSR count). The maximum atomic E-state index is 10.6. The third kappa shape index (κ3) is 20.1. The third-order valence-corrected chi connectivity index (χ3v) is 11.0. The number of hydrogen-bond donors (Lipinski definition) is 1. The molecule has 3 saturated carbocycles. The van der Waals surface area contributed by atoms with Gasteiger partial charge >= 0.3 is 46.1 Å². The number of benzene rings is 4. The second-order valence-electron chi connectivity index (χ2n) is 14.8. The first-order valence-corrected chi connectivity index (χ1v) is 19.4. The van der Waals surface area contributed by atoms with Crippen LogP contribution in [0.4, 0.5) is 0 Å². The van der Waals surface area contributed by atoms with E-state index in [4.69, 9.17) is 0 Å². The van der Waals surface area contributed by atoms with E-state index in [-0.39, 0.29) is 65.9 Å². The van der Waals surface area contributed by atoms with E-state index in [1.165, 1.54) is 31.2 Å². The van der Waals surface area contributed by atoms with Crippen LogP contribution in [0.1, 0.15) is 119 Å². The Kier molecular flexibility index (Phi) is 27.9. The minimum absolute atomic E-state index is 0. The van der Waals surface area contributed by atoms with Crippen molar-refractivity contribution < 1.29 is 29.7 Å². The number of rotatable bonds is 2. The third-order valence-electron chi connectivity index (χ3n) is 10.4. The zero-order chi connectivity index (χ0) is 35.4. The first-order chi connectivity index (χ1) is 23.6. The molecular weight excluding hydrogens is 793 g/mol. The summed E-state index contributed by atoms with van der Waals surface area (Å²) in [5.41, 5.74) is 2.53. The van der Waals surface area contributed by atoms with E-state index in [2.05, 4.69) is 80.0 Å². The molecule has 0 atom stereocenters. The zero-order valence-electron chi connectivity index (χ0n) is 34.3. The van der Waals surface area contributed by atoms with Gasteiger partial charge in [-0.2, -0.15) is 36.4 Å². The second kappa shape index (κ2) is 28.4. The molecule has 1 N–H and O–H groups in total. The number of halogens is 2. The molecule has 4 aromatic rings. The van der Waals surface area contributed by atoms with Crippen molar-refractivity contribution in [2.75, 3.05) is 0 Å². The van der Waals surface area contributed by atoms with Crippen LogP contribution in [-0.2, 0) is 15.8 Å². The normalized spacial score (nSPS) is 23.5. The van der Waals surface area contributed by atoms with E-state index < -0.39 is 5.60 Å². The van der Waals surface area contributed by atoms with Crippen molar-refractivity contribution in [3.8, 4) is 0 Å². The van der Waals surface area contributed by atoms with Crippen molar-refractivity contribution >= 4 is 67.8 Å². The Labute approximate surface area is 370 Å². The molecule has 3 aliphatic rings. The molecule has 2 nitrogen and oxygen atoms in total. The summed E-state index contributed by atoms with van der Waals surface area (Å²) in [5.74, 6) is 2.97. The summed E-state index contributed by atoms with van der Waals surface area (Å²) >= 11 is 3.31. The molecular formula is C46H62Br2Mg2O2. The fourth-order valence-corrected chi connectivity index (χ4v) is 6.95. The smallest absolute Gasteiger partial charge is 1.00 e. The average Bonchev–Trinajstić information content (AvgIpc) is 3.15. The van der Waals surface area contributed by atoms with Crippen LogP contribution in [-0.4, -0.2) is 57.0 Å². The van der Waals surface area contributed by atoms with Gasteiger partial charge < -0.3 is 24.9 Å². The zero-order valence-corrected chi connectivity index (χ0v) is 38.3. The van der Waals surface area contributed by atoms with Crippen LogP contribution in [0.2, 0.25) is 0 Å². The van der Waals surface area contributed by atoms with Crippen molar-refractivity contribution in [3.05, 3.63) is 143 Å². The molecule has 0 aromatic heterocycles. The summed E-state index contributed by atoms with van der Waals surface area (Å²) in [5, 5.41) is 10.5. The molecule has 0 saturated heterocycles. The van der Waals surface area contributed by atoms with Gasteiger partial charge in [-0.05, 0) is 111 Å². The molecule has 52 heavy (non-hydrogen) atoms. The quantitative estimate of drug-likeness (QED) is 0.161. The van der Waals surface area contributed by atoms with Crippen LogP contribution in [0.3, 0.4) is 0 Å². The van der Waals surface area contributed by atoms with Gasteiger partial charge in [-0.3, -0.25) is 4.79 Å². The van der Waals surface area contributed by atoms with Crippen molar-refractivity contribution in [2.45, 2.75) is 116 Å². The minimum Gasteiger partial charge on any atom is -1.00 e. The van der Waals surface area contributed by atoms with Gasteiger partial charge in [0.15, 0.2) is 0 Å². The van der Waals surface area contributed by atoms with E-state index in [0.29, 0.717) is 11.2 Å². The maximum Gasteiger partial charge on any atom is 2.00 e. The average molecular weight is 855 g/mol. The van der Waals surface area contributed by atoms with Crippen molar-refractivity contribution in [1.29, 1.82) is 0 Å². The molecule has 0 amide bonds. The van der Waals surface area contributed by atoms with Crippen LogP contribution in [0.5, 0.6) is 0 Å². The van der Waals surface area contributed by atoms with Crippen LogP contribution in [0.25, 0.3) is 0 Å². The molecule has 3 fully saturated rings. The van der Waals surface area contributed by atoms with Gasteiger partial charge in [-0.25, -0.2) is 0 Å². The Hall–Kier alpha value is -0.998. The van der Waals surface area contributed by atoms with Gasteiger partial charge in [-0.15, -0.1) is 0 Å². The fraction of sp³-hybridized carbons (Fsp3) is 0.457. The molecule has 0 unspecified atom stereocenters.